The summed E-state index contributed by atoms with van der Waals surface area (Å²) in [5.74, 6) is -0.243. The number of nitrogens with zero attached hydrogens (tertiary/aromatic N) is 2. The molecule has 0 radical (unpaired) electrons. The average Bonchev–Trinajstić information content (AvgIpc) is 2.91. The lowest BCUT2D eigenvalue weighted by Crippen LogP contribution is -2.47. The van der Waals surface area contributed by atoms with E-state index >= 15 is 0 Å². The van der Waals surface area contributed by atoms with Crippen LogP contribution in [0.4, 0.5) is 11.4 Å². The third kappa shape index (κ3) is 6.83. The van der Waals surface area contributed by atoms with E-state index in [9.17, 15) is 13.2 Å². The van der Waals surface area contributed by atoms with Crippen LogP contribution >= 0.6 is 12.2 Å². The quantitative estimate of drug-likeness (QED) is 0.370. The fourth-order valence-corrected chi connectivity index (χ4v) is 6.29. The molecule has 1 aliphatic rings. The number of piperazine rings is 1. The highest BCUT2D eigenvalue weighted by molar-refractivity contribution is 7.89. The molecule has 1 unspecified atom stereocenters. The lowest BCUT2D eigenvalue weighted by molar-refractivity contribution is -0.117. The first-order valence-corrected chi connectivity index (χ1v) is 14.7. The highest BCUT2D eigenvalue weighted by Gasteiger charge is 2.28. The van der Waals surface area contributed by atoms with Crippen LogP contribution in [0.3, 0.4) is 0 Å². The van der Waals surface area contributed by atoms with E-state index in [1.165, 1.54) is 4.31 Å². The molecule has 0 bridgehead atoms. The predicted molar refractivity (Wildman–Crippen MR) is 161 cm³/mol. The third-order valence-corrected chi connectivity index (χ3v) is 9.06. The summed E-state index contributed by atoms with van der Waals surface area (Å²) in [4.78, 5) is 15.8. The molecule has 4 rings (SSSR count). The monoisotopic (exact) mass is 565 g/mol. The molecule has 0 spiro atoms. The number of carbonyl (C=O) groups excluding carboxylic acids is 1. The number of likely N-dealkylation sites (N-methyl/N-ethyl adjacent to an activating group) is 1. The molecule has 0 aliphatic carbocycles. The molecule has 1 atom stereocenters. The van der Waals surface area contributed by atoms with E-state index in [1.54, 1.807) is 18.2 Å². The van der Waals surface area contributed by atoms with Gasteiger partial charge in [-0.1, -0.05) is 48.5 Å². The maximum Gasteiger partial charge on any atom is 0.251 e. The number of carbonyl (C=O) groups is 1. The van der Waals surface area contributed by atoms with Gasteiger partial charge >= 0.3 is 0 Å². The zero-order chi connectivity index (χ0) is 28.2. The van der Waals surface area contributed by atoms with Gasteiger partial charge in [-0.3, -0.25) is 4.79 Å². The van der Waals surface area contributed by atoms with E-state index in [2.05, 4.69) is 20.9 Å². The van der Waals surface area contributed by atoms with Crippen molar-refractivity contribution >= 4 is 44.6 Å². The van der Waals surface area contributed by atoms with Gasteiger partial charge in [0.2, 0.25) is 10.0 Å². The SMILES string of the molecule is Cc1cc(S(=O)(=O)N2CCN(C)CC2)ccc1NC(=S)NC(C(=O)Nc1c(C)cccc1C)c1ccccc1. The largest absolute Gasteiger partial charge is 0.347 e. The molecule has 10 heteroatoms. The molecule has 8 nitrogen and oxygen atoms in total. The second kappa shape index (κ2) is 12.3. The van der Waals surface area contributed by atoms with Gasteiger partial charge in [-0.15, -0.1) is 0 Å². The number of aryl methyl sites for hydroxylation is 3. The number of amides is 1. The Labute approximate surface area is 236 Å². The predicted octanol–water partition coefficient (Wildman–Crippen LogP) is 4.21. The second-order valence-corrected chi connectivity index (χ2v) is 12.2. The highest BCUT2D eigenvalue weighted by atomic mass is 32.2. The van der Waals surface area contributed by atoms with Crippen molar-refractivity contribution in [2.45, 2.75) is 31.7 Å². The lowest BCUT2D eigenvalue weighted by Gasteiger charge is -2.31. The van der Waals surface area contributed by atoms with Gasteiger partial charge in [0.25, 0.3) is 5.91 Å². The van der Waals surface area contributed by atoms with Crippen molar-refractivity contribution in [2.24, 2.45) is 0 Å². The third-order valence-electron chi connectivity index (χ3n) is 6.95. The van der Waals surface area contributed by atoms with Gasteiger partial charge in [-0.25, -0.2) is 8.42 Å². The molecule has 1 amide bonds. The molecule has 206 valence electrons. The number of thiocarbonyl (C=S) groups is 1. The van der Waals surface area contributed by atoms with Gasteiger partial charge < -0.3 is 20.9 Å². The summed E-state index contributed by atoms with van der Waals surface area (Å²) in [5.41, 5.74) is 4.86. The molecular formula is C29H35N5O3S2. The average molecular weight is 566 g/mol. The molecule has 0 saturated carbocycles. The van der Waals surface area contributed by atoms with Gasteiger partial charge in [0.1, 0.15) is 6.04 Å². The first-order valence-electron chi connectivity index (χ1n) is 12.8. The first-order chi connectivity index (χ1) is 18.6. The number of benzene rings is 3. The summed E-state index contributed by atoms with van der Waals surface area (Å²) >= 11 is 5.59. The normalized spacial score (nSPS) is 15.4. The van der Waals surface area contributed by atoms with Crippen LogP contribution in [0.2, 0.25) is 0 Å². The summed E-state index contributed by atoms with van der Waals surface area (Å²) < 4.78 is 27.8. The Morgan fingerprint density at radius 3 is 2.10 bits per heavy atom. The molecule has 39 heavy (non-hydrogen) atoms. The van der Waals surface area contributed by atoms with Crippen molar-refractivity contribution in [3.63, 3.8) is 0 Å². The molecule has 1 fully saturated rings. The number of para-hydroxylation sites is 1. The Morgan fingerprint density at radius 2 is 1.49 bits per heavy atom. The summed E-state index contributed by atoms with van der Waals surface area (Å²) in [7, 11) is -1.59. The van der Waals surface area contributed by atoms with Crippen molar-refractivity contribution in [3.8, 4) is 0 Å². The highest BCUT2D eigenvalue weighted by Crippen LogP contribution is 2.25. The van der Waals surface area contributed by atoms with Crippen molar-refractivity contribution in [1.29, 1.82) is 0 Å². The minimum absolute atomic E-state index is 0.243. The van der Waals surface area contributed by atoms with E-state index in [-0.39, 0.29) is 15.9 Å². The van der Waals surface area contributed by atoms with Crippen LogP contribution < -0.4 is 16.0 Å². The molecule has 1 saturated heterocycles. The molecule has 1 aliphatic heterocycles. The van der Waals surface area contributed by atoms with Crippen molar-refractivity contribution in [2.75, 3.05) is 43.9 Å². The smallest absolute Gasteiger partial charge is 0.251 e. The van der Waals surface area contributed by atoms with Crippen LogP contribution in [-0.2, 0) is 14.8 Å². The Morgan fingerprint density at radius 1 is 0.846 bits per heavy atom. The van der Waals surface area contributed by atoms with Crippen LogP contribution in [0.1, 0.15) is 28.3 Å². The summed E-state index contributed by atoms with van der Waals surface area (Å²) in [5, 5.41) is 9.59. The van der Waals surface area contributed by atoms with Crippen molar-refractivity contribution < 1.29 is 13.2 Å². The Hall–Kier alpha value is -3.31. The minimum atomic E-state index is -3.58. The second-order valence-electron chi connectivity index (χ2n) is 9.88. The Bertz CT molecular complexity index is 1430. The minimum Gasteiger partial charge on any atom is -0.347 e. The fourth-order valence-electron chi connectivity index (χ4n) is 4.56. The van der Waals surface area contributed by atoms with Gasteiger partial charge in [0, 0.05) is 37.6 Å². The van der Waals surface area contributed by atoms with Gasteiger partial charge in [0.05, 0.1) is 4.90 Å². The van der Waals surface area contributed by atoms with Gasteiger partial charge in [-0.05, 0) is 80.5 Å². The number of rotatable bonds is 7. The topological polar surface area (TPSA) is 93.8 Å². The lowest BCUT2D eigenvalue weighted by atomic mass is 10.0. The zero-order valence-corrected chi connectivity index (χ0v) is 24.3. The van der Waals surface area contributed by atoms with Crippen LogP contribution in [0.25, 0.3) is 0 Å². The van der Waals surface area contributed by atoms with Crippen LogP contribution in [-0.4, -0.2) is 61.9 Å². The number of anilines is 2. The van der Waals surface area contributed by atoms with Crippen LogP contribution in [0.15, 0.2) is 71.6 Å². The van der Waals surface area contributed by atoms with E-state index < -0.39 is 16.1 Å². The molecule has 3 aromatic carbocycles. The van der Waals surface area contributed by atoms with E-state index in [1.807, 2.05) is 76.3 Å². The van der Waals surface area contributed by atoms with E-state index in [4.69, 9.17) is 12.2 Å². The molecule has 3 aromatic rings. The maximum atomic E-state index is 13.5. The van der Waals surface area contributed by atoms with Gasteiger partial charge in [-0.2, -0.15) is 4.31 Å². The van der Waals surface area contributed by atoms with Crippen molar-refractivity contribution in [3.05, 3.63) is 89.0 Å². The van der Waals surface area contributed by atoms with E-state index in [0.29, 0.717) is 31.9 Å². The number of hydrogen-bond acceptors (Lipinski definition) is 5. The molecule has 0 aromatic heterocycles. The van der Waals surface area contributed by atoms with Crippen LogP contribution in [0.5, 0.6) is 0 Å². The summed E-state index contributed by atoms with van der Waals surface area (Å²) in [6, 6.07) is 19.4. The zero-order valence-electron chi connectivity index (χ0n) is 22.7. The number of sulfonamides is 1. The fraction of sp³-hybridized carbons (Fsp3) is 0.310. The number of hydrogen-bond donors (Lipinski definition) is 3. The molecular weight excluding hydrogens is 530 g/mol. The molecule has 3 N–H and O–H groups in total. The summed E-state index contributed by atoms with van der Waals surface area (Å²) in [6.07, 6.45) is 0. The Kier molecular flexibility index (Phi) is 9.01. The molecule has 1 heterocycles. The van der Waals surface area contributed by atoms with E-state index in [0.717, 1.165) is 27.9 Å². The summed E-state index contributed by atoms with van der Waals surface area (Å²) in [6.45, 7) is 8.09. The Balaban J connectivity index is 1.50. The van der Waals surface area contributed by atoms with Crippen molar-refractivity contribution in [1.82, 2.24) is 14.5 Å². The number of nitrogens with one attached hydrogen (secondary N) is 3. The maximum absolute atomic E-state index is 13.5. The van der Waals surface area contributed by atoms with Gasteiger partial charge in [0.15, 0.2) is 5.11 Å². The van der Waals surface area contributed by atoms with Crippen LogP contribution in [0, 0.1) is 20.8 Å². The first kappa shape index (κ1) is 28.7. The standard InChI is InChI=1S/C29H35N5O3S2/c1-20-9-8-10-21(2)26(20)31-28(35)27(23-11-6-5-7-12-23)32-29(38)30-25-14-13-24(19-22(25)3)39(36,37)34-17-15-33(4)16-18-34/h5-14,19,27H,15-18H2,1-4H3,(H,31,35)(H2,30,32,38).